The molecular weight excluding hydrogens is 174 g/mol. The lowest BCUT2D eigenvalue weighted by atomic mass is 10.1. The quantitative estimate of drug-likeness (QED) is 0.676. The van der Waals surface area contributed by atoms with Crippen molar-refractivity contribution in [1.29, 1.82) is 0 Å². The summed E-state index contributed by atoms with van der Waals surface area (Å²) >= 11 is 0. The minimum Gasteiger partial charge on any atom is -0.396 e. The average molecular weight is 193 g/mol. The van der Waals surface area contributed by atoms with Crippen molar-refractivity contribution >= 4 is 0 Å². The first-order valence-corrected chi connectivity index (χ1v) is 5.20. The van der Waals surface area contributed by atoms with Crippen molar-refractivity contribution in [2.24, 2.45) is 0 Å². The molecule has 0 bridgehead atoms. The minimum atomic E-state index is 0.298. The molecule has 0 aliphatic carbocycles. The molecule has 14 heavy (non-hydrogen) atoms. The Morgan fingerprint density at radius 1 is 1.14 bits per heavy atom. The maximum absolute atomic E-state index is 8.59. The molecule has 0 aliphatic rings. The monoisotopic (exact) mass is 193 g/mol. The van der Waals surface area contributed by atoms with Crippen LogP contribution in [0.5, 0.6) is 0 Å². The molecule has 0 amide bonds. The molecule has 1 rings (SSSR count). The largest absolute Gasteiger partial charge is 0.396 e. The van der Waals surface area contributed by atoms with Crippen LogP contribution >= 0.6 is 0 Å². The van der Waals surface area contributed by atoms with Gasteiger partial charge in [0.1, 0.15) is 0 Å². The van der Waals surface area contributed by atoms with Gasteiger partial charge in [-0.25, -0.2) is 0 Å². The predicted octanol–water partition coefficient (Wildman–Crippen LogP) is 1.86. The van der Waals surface area contributed by atoms with E-state index >= 15 is 0 Å². The minimum absolute atomic E-state index is 0.298. The normalized spacial score (nSPS) is 10.4. The van der Waals surface area contributed by atoms with Crippen LogP contribution in [0.4, 0.5) is 0 Å². The molecular formula is C12H19NO. The smallest absolute Gasteiger partial charge is 0.0431 e. The van der Waals surface area contributed by atoms with E-state index in [1.165, 1.54) is 11.1 Å². The van der Waals surface area contributed by atoms with Gasteiger partial charge in [-0.1, -0.05) is 29.8 Å². The highest BCUT2D eigenvalue weighted by atomic mass is 16.2. The zero-order chi connectivity index (χ0) is 10.2. The second-order valence-electron chi connectivity index (χ2n) is 3.59. The van der Waals surface area contributed by atoms with Crippen molar-refractivity contribution in [3.05, 3.63) is 35.4 Å². The Morgan fingerprint density at radius 2 is 1.86 bits per heavy atom. The molecule has 0 unspecified atom stereocenters. The molecule has 0 atom stereocenters. The molecule has 2 heteroatoms. The summed E-state index contributed by atoms with van der Waals surface area (Å²) in [5.74, 6) is 0. The molecule has 0 fully saturated rings. The van der Waals surface area contributed by atoms with E-state index < -0.39 is 0 Å². The highest BCUT2D eigenvalue weighted by molar-refractivity contribution is 5.20. The summed E-state index contributed by atoms with van der Waals surface area (Å²) < 4.78 is 0. The maximum atomic E-state index is 8.59. The molecule has 0 saturated heterocycles. The van der Waals surface area contributed by atoms with E-state index in [4.69, 9.17) is 5.11 Å². The van der Waals surface area contributed by atoms with Crippen LogP contribution in [0.15, 0.2) is 24.3 Å². The highest BCUT2D eigenvalue weighted by Gasteiger charge is 1.91. The van der Waals surface area contributed by atoms with Gasteiger partial charge in [0.25, 0.3) is 0 Å². The Hall–Kier alpha value is -0.860. The van der Waals surface area contributed by atoms with E-state index in [0.29, 0.717) is 6.61 Å². The van der Waals surface area contributed by atoms with Gasteiger partial charge in [-0.2, -0.15) is 0 Å². The number of aliphatic hydroxyl groups is 1. The topological polar surface area (TPSA) is 32.3 Å². The summed E-state index contributed by atoms with van der Waals surface area (Å²) in [6.07, 6.45) is 1.93. The Kier molecular flexibility index (Phi) is 5.27. The molecule has 1 aromatic rings. The zero-order valence-corrected chi connectivity index (χ0v) is 8.79. The Bertz CT molecular complexity index is 243. The molecule has 0 spiro atoms. The third-order valence-electron chi connectivity index (χ3n) is 2.21. The summed E-state index contributed by atoms with van der Waals surface area (Å²) in [5, 5.41) is 11.9. The molecule has 0 aromatic heterocycles. The molecule has 2 N–H and O–H groups in total. The third kappa shape index (κ3) is 4.40. The van der Waals surface area contributed by atoms with Crippen LogP contribution in [-0.2, 0) is 6.54 Å². The van der Waals surface area contributed by atoms with Crippen molar-refractivity contribution in [2.75, 3.05) is 13.2 Å². The van der Waals surface area contributed by atoms with Crippen LogP contribution in [0.2, 0.25) is 0 Å². The van der Waals surface area contributed by atoms with Crippen LogP contribution in [0.3, 0.4) is 0 Å². The van der Waals surface area contributed by atoms with Crippen LogP contribution in [0.25, 0.3) is 0 Å². The number of hydrogen-bond acceptors (Lipinski definition) is 2. The molecule has 0 heterocycles. The second kappa shape index (κ2) is 6.57. The van der Waals surface area contributed by atoms with Crippen LogP contribution in [-0.4, -0.2) is 18.3 Å². The number of unbranched alkanes of at least 4 members (excludes halogenated alkanes) is 1. The Morgan fingerprint density at radius 3 is 2.50 bits per heavy atom. The zero-order valence-electron chi connectivity index (χ0n) is 8.79. The standard InChI is InChI=1S/C12H19NO/c1-11-4-6-12(7-5-11)10-13-8-2-3-9-14/h4-7,13-14H,2-3,8-10H2,1H3. The number of nitrogens with one attached hydrogen (secondary N) is 1. The maximum Gasteiger partial charge on any atom is 0.0431 e. The van der Waals surface area contributed by atoms with Gasteiger partial charge in [0, 0.05) is 13.2 Å². The van der Waals surface area contributed by atoms with E-state index in [0.717, 1.165) is 25.9 Å². The summed E-state index contributed by atoms with van der Waals surface area (Å²) in [5.41, 5.74) is 2.62. The van der Waals surface area contributed by atoms with Gasteiger partial charge in [0.2, 0.25) is 0 Å². The molecule has 2 nitrogen and oxygen atoms in total. The van der Waals surface area contributed by atoms with Gasteiger partial charge in [-0.15, -0.1) is 0 Å². The highest BCUT2D eigenvalue weighted by Crippen LogP contribution is 2.02. The van der Waals surface area contributed by atoms with Gasteiger partial charge < -0.3 is 10.4 Å². The molecule has 78 valence electrons. The fourth-order valence-electron chi connectivity index (χ4n) is 1.30. The number of rotatable bonds is 6. The predicted molar refractivity (Wildman–Crippen MR) is 59.2 cm³/mol. The van der Waals surface area contributed by atoms with E-state index in [1.807, 2.05) is 0 Å². The van der Waals surface area contributed by atoms with Crippen LogP contribution < -0.4 is 5.32 Å². The molecule has 0 saturated carbocycles. The van der Waals surface area contributed by atoms with Crippen molar-refractivity contribution in [2.45, 2.75) is 26.3 Å². The number of hydrogen-bond donors (Lipinski definition) is 2. The number of aliphatic hydroxyl groups excluding tert-OH is 1. The van der Waals surface area contributed by atoms with Crippen molar-refractivity contribution < 1.29 is 5.11 Å². The number of benzene rings is 1. The van der Waals surface area contributed by atoms with Crippen LogP contribution in [0.1, 0.15) is 24.0 Å². The lowest BCUT2D eigenvalue weighted by Gasteiger charge is -2.04. The molecule has 1 aromatic carbocycles. The van der Waals surface area contributed by atoms with E-state index in [9.17, 15) is 0 Å². The van der Waals surface area contributed by atoms with Gasteiger partial charge in [0.05, 0.1) is 0 Å². The summed E-state index contributed by atoms with van der Waals surface area (Å²) in [4.78, 5) is 0. The second-order valence-corrected chi connectivity index (χ2v) is 3.59. The van der Waals surface area contributed by atoms with E-state index in [1.54, 1.807) is 0 Å². The van der Waals surface area contributed by atoms with Gasteiger partial charge >= 0.3 is 0 Å². The van der Waals surface area contributed by atoms with Gasteiger partial charge in [-0.3, -0.25) is 0 Å². The summed E-state index contributed by atoms with van der Waals surface area (Å²) in [6, 6.07) is 8.55. The van der Waals surface area contributed by atoms with Crippen molar-refractivity contribution in [1.82, 2.24) is 5.32 Å². The Labute approximate surface area is 86.0 Å². The van der Waals surface area contributed by atoms with E-state index in [2.05, 4.69) is 36.5 Å². The average Bonchev–Trinajstić information content (AvgIpc) is 2.21. The van der Waals surface area contributed by atoms with Gasteiger partial charge in [0.15, 0.2) is 0 Å². The Balaban J connectivity index is 2.15. The molecule has 0 aliphatic heterocycles. The number of aryl methyl sites for hydroxylation is 1. The summed E-state index contributed by atoms with van der Waals surface area (Å²) in [6.45, 7) is 4.30. The first-order chi connectivity index (χ1) is 6.83. The van der Waals surface area contributed by atoms with E-state index in [-0.39, 0.29) is 0 Å². The van der Waals surface area contributed by atoms with Crippen molar-refractivity contribution in [3.8, 4) is 0 Å². The summed E-state index contributed by atoms with van der Waals surface area (Å²) in [7, 11) is 0. The van der Waals surface area contributed by atoms with Crippen LogP contribution in [0, 0.1) is 6.92 Å². The van der Waals surface area contributed by atoms with Gasteiger partial charge in [-0.05, 0) is 31.9 Å². The fraction of sp³-hybridized carbons (Fsp3) is 0.500. The fourth-order valence-corrected chi connectivity index (χ4v) is 1.30. The SMILES string of the molecule is Cc1ccc(CNCCCCO)cc1. The lowest BCUT2D eigenvalue weighted by molar-refractivity contribution is 0.283. The van der Waals surface area contributed by atoms with Crippen molar-refractivity contribution in [3.63, 3.8) is 0 Å². The first kappa shape index (κ1) is 11.2. The third-order valence-corrected chi connectivity index (χ3v) is 2.21. The first-order valence-electron chi connectivity index (χ1n) is 5.20. The lowest BCUT2D eigenvalue weighted by Crippen LogP contribution is -2.14. The molecule has 0 radical (unpaired) electrons.